The molecule has 0 amide bonds. The van der Waals surface area contributed by atoms with Gasteiger partial charge in [-0.1, -0.05) is 73.6 Å². The van der Waals surface area contributed by atoms with Crippen molar-refractivity contribution < 1.29 is 0 Å². The van der Waals surface area contributed by atoms with E-state index in [2.05, 4.69) is 88.4 Å². The number of aromatic nitrogens is 1. The molecule has 3 rings (SSSR count). The van der Waals surface area contributed by atoms with E-state index in [4.69, 9.17) is 4.98 Å². The first kappa shape index (κ1) is 18.4. The van der Waals surface area contributed by atoms with Crippen LogP contribution in [0.15, 0.2) is 66.9 Å². The van der Waals surface area contributed by atoms with Gasteiger partial charge in [0, 0.05) is 6.20 Å². The Labute approximate surface area is 158 Å². The highest BCUT2D eigenvalue weighted by Crippen LogP contribution is 2.36. The summed E-state index contributed by atoms with van der Waals surface area (Å²) in [6.45, 7) is 8.82. The molecular formula is C25H29N. The molecule has 1 aliphatic rings. The monoisotopic (exact) mass is 343 g/mol. The van der Waals surface area contributed by atoms with Gasteiger partial charge in [-0.05, 0) is 67.4 Å². The normalized spacial score (nSPS) is 18.2. The van der Waals surface area contributed by atoms with E-state index >= 15 is 0 Å². The lowest BCUT2D eigenvalue weighted by molar-refractivity contribution is 0.528. The first-order chi connectivity index (χ1) is 12.6. The molecule has 0 N–H and O–H groups in total. The molecule has 0 spiro atoms. The molecule has 1 aliphatic carbocycles. The van der Waals surface area contributed by atoms with Crippen LogP contribution in [0.25, 0.3) is 16.7 Å². The maximum atomic E-state index is 4.72. The summed E-state index contributed by atoms with van der Waals surface area (Å²) in [7, 11) is 0. The van der Waals surface area contributed by atoms with Crippen LogP contribution in [0.4, 0.5) is 0 Å². The molecule has 1 nitrogen and oxygen atoms in total. The van der Waals surface area contributed by atoms with Crippen LogP contribution in [-0.4, -0.2) is 4.98 Å². The van der Waals surface area contributed by atoms with Gasteiger partial charge in [0.1, 0.15) is 0 Å². The van der Waals surface area contributed by atoms with Gasteiger partial charge in [-0.3, -0.25) is 4.98 Å². The van der Waals surface area contributed by atoms with Gasteiger partial charge in [0.25, 0.3) is 0 Å². The first-order valence-corrected chi connectivity index (χ1v) is 9.67. The van der Waals surface area contributed by atoms with Gasteiger partial charge in [-0.2, -0.15) is 0 Å². The van der Waals surface area contributed by atoms with Gasteiger partial charge < -0.3 is 0 Å². The second-order valence-electron chi connectivity index (χ2n) is 7.39. The van der Waals surface area contributed by atoms with E-state index in [1.165, 1.54) is 27.8 Å². The number of nitrogens with zero attached hydrogens (tertiary/aromatic N) is 1. The highest BCUT2D eigenvalue weighted by Gasteiger charge is 2.22. The van der Waals surface area contributed by atoms with Crippen molar-refractivity contribution in [2.45, 2.75) is 40.5 Å². The fraction of sp³-hybridized carbons (Fsp3) is 0.320. The maximum Gasteiger partial charge on any atom is 0.0670 e. The van der Waals surface area contributed by atoms with Crippen LogP contribution in [0.5, 0.6) is 0 Å². The summed E-state index contributed by atoms with van der Waals surface area (Å²) < 4.78 is 0. The van der Waals surface area contributed by atoms with Crippen molar-refractivity contribution in [1.82, 2.24) is 4.98 Å². The third kappa shape index (κ3) is 4.22. The van der Waals surface area contributed by atoms with Crippen molar-refractivity contribution in [3.05, 3.63) is 83.7 Å². The van der Waals surface area contributed by atoms with Crippen molar-refractivity contribution in [3.8, 4) is 11.1 Å². The zero-order valence-corrected chi connectivity index (χ0v) is 16.4. The highest BCUT2D eigenvalue weighted by molar-refractivity contribution is 5.73. The molecule has 0 radical (unpaired) electrons. The molecule has 0 bridgehead atoms. The summed E-state index contributed by atoms with van der Waals surface area (Å²) in [5.41, 5.74) is 7.57. The number of aryl methyl sites for hydroxylation is 2. The summed E-state index contributed by atoms with van der Waals surface area (Å²) in [5, 5.41) is 0. The average Bonchev–Trinajstić information content (AvgIpc) is 2.65. The Bertz CT molecular complexity index is 834. The van der Waals surface area contributed by atoms with Crippen molar-refractivity contribution in [2.24, 2.45) is 11.8 Å². The van der Waals surface area contributed by atoms with E-state index in [-0.39, 0.29) is 0 Å². The van der Waals surface area contributed by atoms with Crippen LogP contribution < -0.4 is 0 Å². The summed E-state index contributed by atoms with van der Waals surface area (Å²) >= 11 is 0. The minimum Gasteiger partial charge on any atom is -0.257 e. The lowest BCUT2D eigenvalue weighted by Gasteiger charge is -2.25. The lowest BCUT2D eigenvalue weighted by Crippen LogP contribution is -2.14. The van der Waals surface area contributed by atoms with E-state index in [0.717, 1.165) is 18.5 Å². The summed E-state index contributed by atoms with van der Waals surface area (Å²) in [5.74, 6) is 1.00. The van der Waals surface area contributed by atoms with Gasteiger partial charge in [-0.25, -0.2) is 0 Å². The van der Waals surface area contributed by atoms with Crippen LogP contribution in [-0.2, 0) is 0 Å². The average molecular weight is 344 g/mol. The molecule has 0 fully saturated rings. The van der Waals surface area contributed by atoms with Crippen LogP contribution in [0.3, 0.4) is 0 Å². The molecule has 1 aromatic heterocycles. The van der Waals surface area contributed by atoms with Gasteiger partial charge in [0.2, 0.25) is 0 Å². The lowest BCUT2D eigenvalue weighted by atomic mass is 9.79. The molecule has 2 unspecified atom stereocenters. The molecule has 2 aromatic rings. The fourth-order valence-corrected chi connectivity index (χ4v) is 3.81. The number of rotatable bonds is 5. The topological polar surface area (TPSA) is 12.9 Å². The van der Waals surface area contributed by atoms with E-state index in [1.54, 1.807) is 0 Å². The van der Waals surface area contributed by atoms with Crippen molar-refractivity contribution in [3.63, 3.8) is 0 Å². The minimum atomic E-state index is 0.491. The molecule has 1 heteroatoms. The molecular weight excluding hydrogens is 314 g/mol. The Balaban J connectivity index is 1.96. The zero-order valence-electron chi connectivity index (χ0n) is 16.4. The Morgan fingerprint density at radius 2 is 1.88 bits per heavy atom. The van der Waals surface area contributed by atoms with E-state index in [0.29, 0.717) is 11.8 Å². The first-order valence-electron chi connectivity index (χ1n) is 9.67. The molecule has 2 atom stereocenters. The molecule has 1 heterocycles. The Morgan fingerprint density at radius 3 is 2.62 bits per heavy atom. The van der Waals surface area contributed by atoms with Crippen molar-refractivity contribution in [2.75, 3.05) is 0 Å². The summed E-state index contributed by atoms with van der Waals surface area (Å²) in [6, 6.07) is 11.1. The Hall–Kier alpha value is -2.41. The minimum absolute atomic E-state index is 0.491. The maximum absolute atomic E-state index is 4.72. The molecule has 26 heavy (non-hydrogen) atoms. The summed E-state index contributed by atoms with van der Waals surface area (Å²) in [4.78, 5) is 4.72. The molecule has 1 aromatic carbocycles. The van der Waals surface area contributed by atoms with E-state index in [9.17, 15) is 0 Å². The summed E-state index contributed by atoms with van der Waals surface area (Å²) in [6.07, 6.45) is 15.4. The Kier molecular flexibility index (Phi) is 5.88. The molecule has 0 saturated carbocycles. The number of allylic oxidation sites excluding steroid dienone is 6. The van der Waals surface area contributed by atoms with Gasteiger partial charge >= 0.3 is 0 Å². The second kappa shape index (κ2) is 8.31. The zero-order chi connectivity index (χ0) is 18.5. The number of hydrogen-bond acceptors (Lipinski definition) is 1. The third-order valence-corrected chi connectivity index (χ3v) is 5.12. The standard InChI is InChI=1S/C25H29N/c1-5-6-9-20(4)23-10-7-8-11-24(23)25-17-21(12-13-26-25)22-15-18(2)14-19(3)16-22/h6-9,11-17,20,23H,5,10H2,1-4H3. The van der Waals surface area contributed by atoms with Crippen molar-refractivity contribution in [1.29, 1.82) is 0 Å². The van der Waals surface area contributed by atoms with Gasteiger partial charge in [0.05, 0.1) is 5.69 Å². The van der Waals surface area contributed by atoms with E-state index in [1.807, 2.05) is 6.20 Å². The number of benzene rings is 1. The Morgan fingerprint density at radius 1 is 1.12 bits per heavy atom. The molecule has 134 valence electrons. The molecule has 0 aliphatic heterocycles. The smallest absolute Gasteiger partial charge is 0.0670 e. The van der Waals surface area contributed by atoms with E-state index < -0.39 is 0 Å². The third-order valence-electron chi connectivity index (χ3n) is 5.12. The highest BCUT2D eigenvalue weighted by atomic mass is 14.7. The van der Waals surface area contributed by atoms with Crippen LogP contribution in [0.2, 0.25) is 0 Å². The SMILES string of the molecule is CCC=CC(C)C1CC=CC=C1c1cc(-c2cc(C)cc(C)c2)ccn1. The van der Waals surface area contributed by atoms with Crippen LogP contribution in [0, 0.1) is 25.7 Å². The predicted molar refractivity (Wildman–Crippen MR) is 113 cm³/mol. The fourth-order valence-electron chi connectivity index (χ4n) is 3.81. The predicted octanol–water partition coefficient (Wildman–Crippen LogP) is 6.93. The quantitative estimate of drug-likeness (QED) is 0.536. The van der Waals surface area contributed by atoms with Crippen LogP contribution >= 0.6 is 0 Å². The number of hydrogen-bond donors (Lipinski definition) is 0. The van der Waals surface area contributed by atoms with Gasteiger partial charge in [-0.15, -0.1) is 0 Å². The largest absolute Gasteiger partial charge is 0.257 e. The molecule has 0 saturated heterocycles. The van der Waals surface area contributed by atoms with Crippen LogP contribution in [0.1, 0.15) is 43.5 Å². The second-order valence-corrected chi connectivity index (χ2v) is 7.39. The van der Waals surface area contributed by atoms with Gasteiger partial charge in [0.15, 0.2) is 0 Å². The number of pyridine rings is 1. The van der Waals surface area contributed by atoms with Crippen molar-refractivity contribution >= 4 is 5.57 Å².